The van der Waals surface area contributed by atoms with Gasteiger partial charge in [-0.2, -0.15) is 13.2 Å². The highest BCUT2D eigenvalue weighted by Crippen LogP contribution is 2.34. The number of nitrogens with zero attached hydrogens (tertiary/aromatic N) is 2. The van der Waals surface area contributed by atoms with E-state index in [1.807, 2.05) is 60.4 Å². The van der Waals surface area contributed by atoms with E-state index in [9.17, 15) is 22.8 Å². The third kappa shape index (κ3) is 6.06. The molecule has 6 rings (SSSR count). The predicted molar refractivity (Wildman–Crippen MR) is 161 cm³/mol. The number of carbonyl (C=O) groups is 2. The molecule has 4 aromatic carbocycles. The van der Waals surface area contributed by atoms with Crippen LogP contribution in [-0.2, 0) is 19.0 Å². The topological polar surface area (TPSA) is 52.7 Å². The smallest absolute Gasteiger partial charge is 0.336 e. The van der Waals surface area contributed by atoms with Gasteiger partial charge in [-0.3, -0.25) is 14.5 Å². The summed E-state index contributed by atoms with van der Waals surface area (Å²) < 4.78 is 39.3. The number of halogens is 3. The first-order chi connectivity index (χ1) is 20.7. The van der Waals surface area contributed by atoms with Crippen molar-refractivity contribution in [3.8, 4) is 11.1 Å². The zero-order valence-corrected chi connectivity index (χ0v) is 23.8. The van der Waals surface area contributed by atoms with Crippen molar-refractivity contribution in [2.24, 2.45) is 0 Å². The number of rotatable bonds is 5. The SMILES string of the molecule is Cc1cccc(C(=O)Nc2ccc3c(c2)CC(N2CCN(C(=O)c4ccccc4)CC2)C3)c1-c1ccc(C(F)(F)F)cc1. The van der Waals surface area contributed by atoms with Gasteiger partial charge in [0.2, 0.25) is 0 Å². The summed E-state index contributed by atoms with van der Waals surface area (Å²) in [4.78, 5) is 30.7. The standard InChI is InChI=1S/C35H32F3N3O2/c1-23-6-5-9-31(32(23)24-10-13-28(14-11-24)35(36,37)38)33(42)39-29-15-12-26-21-30(22-27(26)20-29)40-16-18-41(19-17-40)34(43)25-7-3-2-4-8-25/h2-15,20,30H,16-19,21-22H2,1H3,(H,39,42). The first-order valence-corrected chi connectivity index (χ1v) is 14.5. The van der Waals surface area contributed by atoms with Gasteiger partial charge in [0.1, 0.15) is 0 Å². The zero-order valence-electron chi connectivity index (χ0n) is 23.8. The quantitative estimate of drug-likeness (QED) is 0.279. The Kier molecular flexibility index (Phi) is 7.79. The van der Waals surface area contributed by atoms with Crippen LogP contribution < -0.4 is 5.32 Å². The Morgan fingerprint density at radius 2 is 1.49 bits per heavy atom. The second-order valence-electron chi connectivity index (χ2n) is 11.3. The molecule has 0 bridgehead atoms. The number of hydrogen-bond acceptors (Lipinski definition) is 3. The van der Waals surface area contributed by atoms with E-state index in [0.717, 1.165) is 49.2 Å². The van der Waals surface area contributed by atoms with Gasteiger partial charge in [0.25, 0.3) is 11.8 Å². The Balaban J connectivity index is 1.11. The molecule has 1 heterocycles. The average Bonchev–Trinajstić information content (AvgIpc) is 3.44. The Hall–Kier alpha value is -4.43. The molecule has 2 aliphatic rings. The molecule has 0 aromatic heterocycles. The summed E-state index contributed by atoms with van der Waals surface area (Å²) in [5.74, 6) is -0.238. The molecule has 2 amide bonds. The van der Waals surface area contributed by atoms with Gasteiger partial charge in [-0.05, 0) is 90.0 Å². The molecule has 4 aromatic rings. The highest BCUT2D eigenvalue weighted by molar-refractivity contribution is 6.09. The van der Waals surface area contributed by atoms with Crippen molar-refractivity contribution < 1.29 is 22.8 Å². The molecule has 1 unspecified atom stereocenters. The lowest BCUT2D eigenvalue weighted by molar-refractivity contribution is -0.137. The minimum Gasteiger partial charge on any atom is -0.336 e. The number of alkyl halides is 3. The molecular formula is C35H32F3N3O2. The van der Waals surface area contributed by atoms with E-state index in [1.165, 1.54) is 23.3 Å². The normalized spacial score (nSPS) is 17.0. The summed E-state index contributed by atoms with van der Waals surface area (Å²) in [5, 5.41) is 3.01. The molecule has 1 atom stereocenters. The largest absolute Gasteiger partial charge is 0.416 e. The van der Waals surface area contributed by atoms with E-state index in [1.54, 1.807) is 12.1 Å². The van der Waals surface area contributed by atoms with Crippen LogP contribution in [0, 0.1) is 6.92 Å². The molecule has 0 radical (unpaired) electrons. The summed E-state index contributed by atoms with van der Waals surface area (Å²) in [6.07, 6.45) is -2.63. The number of anilines is 1. The number of benzene rings is 4. The maximum absolute atomic E-state index is 13.5. The Morgan fingerprint density at radius 1 is 0.791 bits per heavy atom. The van der Waals surface area contributed by atoms with Gasteiger partial charge in [0.15, 0.2) is 0 Å². The second-order valence-corrected chi connectivity index (χ2v) is 11.3. The molecule has 1 fully saturated rings. The van der Waals surface area contributed by atoms with E-state index in [4.69, 9.17) is 0 Å². The molecule has 1 N–H and O–H groups in total. The summed E-state index contributed by atoms with van der Waals surface area (Å²) in [5.41, 5.74) is 5.49. The van der Waals surface area contributed by atoms with Crippen LogP contribution in [0.3, 0.4) is 0 Å². The molecule has 43 heavy (non-hydrogen) atoms. The third-order valence-electron chi connectivity index (χ3n) is 8.53. The molecular weight excluding hydrogens is 551 g/mol. The van der Waals surface area contributed by atoms with Gasteiger partial charge in [-0.1, -0.05) is 48.5 Å². The van der Waals surface area contributed by atoms with Crippen molar-refractivity contribution >= 4 is 17.5 Å². The van der Waals surface area contributed by atoms with Crippen LogP contribution in [0.15, 0.2) is 91.0 Å². The van der Waals surface area contributed by atoms with Crippen molar-refractivity contribution in [3.05, 3.63) is 124 Å². The van der Waals surface area contributed by atoms with Gasteiger partial charge in [-0.15, -0.1) is 0 Å². The summed E-state index contributed by atoms with van der Waals surface area (Å²) in [6.45, 7) is 4.87. The highest BCUT2D eigenvalue weighted by Gasteiger charge is 2.32. The lowest BCUT2D eigenvalue weighted by atomic mass is 9.93. The first kappa shape index (κ1) is 28.7. The molecule has 220 valence electrons. The fourth-order valence-corrected chi connectivity index (χ4v) is 6.25. The van der Waals surface area contributed by atoms with Crippen LogP contribution in [0.5, 0.6) is 0 Å². The Labute approximate surface area is 248 Å². The molecule has 0 saturated carbocycles. The van der Waals surface area contributed by atoms with E-state index in [0.29, 0.717) is 41.5 Å². The molecule has 1 saturated heterocycles. The van der Waals surface area contributed by atoms with Crippen LogP contribution in [0.1, 0.15) is 43.0 Å². The summed E-state index contributed by atoms with van der Waals surface area (Å²) in [7, 11) is 0. The van der Waals surface area contributed by atoms with Crippen LogP contribution in [0.4, 0.5) is 18.9 Å². The van der Waals surface area contributed by atoms with Crippen LogP contribution in [0.2, 0.25) is 0 Å². The van der Waals surface area contributed by atoms with Crippen molar-refractivity contribution in [3.63, 3.8) is 0 Å². The average molecular weight is 584 g/mol. The number of nitrogens with one attached hydrogen (secondary N) is 1. The van der Waals surface area contributed by atoms with Crippen LogP contribution in [-0.4, -0.2) is 53.8 Å². The first-order valence-electron chi connectivity index (χ1n) is 14.5. The van der Waals surface area contributed by atoms with Crippen molar-refractivity contribution in [1.29, 1.82) is 0 Å². The van der Waals surface area contributed by atoms with Crippen molar-refractivity contribution in [2.75, 3.05) is 31.5 Å². The van der Waals surface area contributed by atoms with Crippen molar-refractivity contribution in [2.45, 2.75) is 32.0 Å². The molecule has 0 spiro atoms. The predicted octanol–water partition coefficient (Wildman–Crippen LogP) is 6.86. The number of aryl methyl sites for hydroxylation is 1. The van der Waals surface area contributed by atoms with Crippen LogP contribution >= 0.6 is 0 Å². The minimum absolute atomic E-state index is 0.0745. The fourth-order valence-electron chi connectivity index (χ4n) is 6.25. The lowest BCUT2D eigenvalue weighted by Crippen LogP contribution is -2.52. The second kappa shape index (κ2) is 11.7. The van der Waals surface area contributed by atoms with Crippen LogP contribution in [0.25, 0.3) is 11.1 Å². The molecule has 1 aliphatic carbocycles. The van der Waals surface area contributed by atoms with Gasteiger partial charge in [0.05, 0.1) is 5.56 Å². The van der Waals surface area contributed by atoms with Gasteiger partial charge >= 0.3 is 6.18 Å². The Morgan fingerprint density at radius 3 is 2.19 bits per heavy atom. The third-order valence-corrected chi connectivity index (χ3v) is 8.53. The van der Waals surface area contributed by atoms with Gasteiger partial charge in [0, 0.05) is 49.0 Å². The number of piperazine rings is 1. The van der Waals surface area contributed by atoms with E-state index in [-0.39, 0.29) is 11.8 Å². The highest BCUT2D eigenvalue weighted by atomic mass is 19.4. The zero-order chi connectivity index (χ0) is 30.1. The van der Waals surface area contributed by atoms with E-state index >= 15 is 0 Å². The monoisotopic (exact) mass is 583 g/mol. The minimum atomic E-state index is -4.42. The van der Waals surface area contributed by atoms with E-state index < -0.39 is 11.7 Å². The van der Waals surface area contributed by atoms with Gasteiger partial charge < -0.3 is 10.2 Å². The number of carbonyl (C=O) groups excluding carboxylic acids is 2. The molecule has 1 aliphatic heterocycles. The maximum Gasteiger partial charge on any atom is 0.416 e. The summed E-state index contributed by atoms with van der Waals surface area (Å²) >= 11 is 0. The fraction of sp³-hybridized carbons (Fsp3) is 0.257. The van der Waals surface area contributed by atoms with Gasteiger partial charge in [-0.25, -0.2) is 0 Å². The maximum atomic E-state index is 13.5. The lowest BCUT2D eigenvalue weighted by Gasteiger charge is -2.38. The number of fused-ring (bicyclic) bond motifs is 1. The molecule has 5 nitrogen and oxygen atoms in total. The number of hydrogen-bond donors (Lipinski definition) is 1. The Bertz CT molecular complexity index is 1640. The van der Waals surface area contributed by atoms with E-state index in [2.05, 4.69) is 16.3 Å². The number of amides is 2. The summed E-state index contributed by atoms with van der Waals surface area (Å²) in [6, 6.07) is 25.9. The van der Waals surface area contributed by atoms with Crippen molar-refractivity contribution in [1.82, 2.24) is 9.80 Å². The molecule has 8 heteroatoms.